The Morgan fingerprint density at radius 1 is 1.35 bits per heavy atom. The smallest absolute Gasteiger partial charge is 0.226 e. The van der Waals surface area contributed by atoms with Crippen molar-refractivity contribution in [3.05, 3.63) is 42.0 Å². The fraction of sp³-hybridized carbons (Fsp3) is 0.471. The molecule has 3 rings (SSSR count). The van der Waals surface area contributed by atoms with E-state index in [1.165, 1.54) is 25.0 Å². The molecule has 2 heterocycles. The molecule has 1 aromatic heterocycles. The van der Waals surface area contributed by atoms with Gasteiger partial charge in [-0.25, -0.2) is 9.37 Å². The lowest BCUT2D eigenvalue weighted by molar-refractivity contribution is 0.175. The molecule has 0 bridgehead atoms. The van der Waals surface area contributed by atoms with Gasteiger partial charge in [-0.1, -0.05) is 6.07 Å². The van der Waals surface area contributed by atoms with Gasteiger partial charge in [-0.2, -0.15) is 0 Å². The fourth-order valence-electron chi connectivity index (χ4n) is 3.00. The summed E-state index contributed by atoms with van der Waals surface area (Å²) in [6.45, 7) is 4.08. The number of hydrogen-bond donors (Lipinski definition) is 1. The lowest BCUT2D eigenvalue weighted by atomic mass is 9.97. The Morgan fingerprint density at radius 3 is 2.83 bits per heavy atom. The number of halogens is 2. The second-order valence-electron chi connectivity index (χ2n) is 5.93. The molecule has 1 fully saturated rings. The van der Waals surface area contributed by atoms with Crippen LogP contribution in [0.3, 0.4) is 0 Å². The number of nitrogens with one attached hydrogen (secondary N) is 1. The van der Waals surface area contributed by atoms with Crippen LogP contribution in [0.4, 0.5) is 4.39 Å². The zero-order chi connectivity index (χ0) is 15.4. The Morgan fingerprint density at radius 2 is 2.13 bits per heavy atom. The number of rotatable bonds is 5. The zero-order valence-corrected chi connectivity index (χ0v) is 14.1. The maximum atomic E-state index is 13.2. The van der Waals surface area contributed by atoms with E-state index >= 15 is 0 Å². The summed E-state index contributed by atoms with van der Waals surface area (Å²) in [6.07, 6.45) is 4.12. The SMILES string of the molecule is CNCC1CCN(Cc2coc(-c3cccc(F)c3)n2)CC1.Cl. The van der Waals surface area contributed by atoms with Gasteiger partial charge in [0.15, 0.2) is 0 Å². The lowest BCUT2D eigenvalue weighted by Crippen LogP contribution is -2.36. The minimum absolute atomic E-state index is 0. The van der Waals surface area contributed by atoms with Crippen molar-refractivity contribution < 1.29 is 8.81 Å². The molecule has 0 saturated carbocycles. The Kier molecular flexibility index (Phi) is 6.57. The van der Waals surface area contributed by atoms with Crippen LogP contribution >= 0.6 is 12.4 Å². The molecule has 0 spiro atoms. The van der Waals surface area contributed by atoms with E-state index < -0.39 is 0 Å². The molecule has 1 aliphatic rings. The monoisotopic (exact) mass is 339 g/mol. The van der Waals surface area contributed by atoms with Crippen LogP contribution in [0, 0.1) is 11.7 Å². The van der Waals surface area contributed by atoms with Crippen LogP contribution in [-0.2, 0) is 6.54 Å². The first-order valence-electron chi connectivity index (χ1n) is 7.82. The van der Waals surface area contributed by atoms with Crippen LogP contribution in [0.1, 0.15) is 18.5 Å². The summed E-state index contributed by atoms with van der Waals surface area (Å²) < 4.78 is 18.7. The van der Waals surface area contributed by atoms with Crippen molar-refractivity contribution >= 4 is 12.4 Å². The normalized spacial score (nSPS) is 16.3. The number of oxazole rings is 1. The summed E-state index contributed by atoms with van der Waals surface area (Å²) in [6, 6.07) is 6.34. The topological polar surface area (TPSA) is 41.3 Å². The minimum atomic E-state index is -0.274. The molecule has 2 aromatic rings. The molecule has 0 atom stereocenters. The molecule has 126 valence electrons. The van der Waals surface area contributed by atoms with Gasteiger partial charge in [0.2, 0.25) is 5.89 Å². The Balaban J connectivity index is 0.00000192. The van der Waals surface area contributed by atoms with Crippen molar-refractivity contribution in [2.45, 2.75) is 19.4 Å². The largest absolute Gasteiger partial charge is 0.444 e. The minimum Gasteiger partial charge on any atom is -0.444 e. The highest BCUT2D eigenvalue weighted by Crippen LogP contribution is 2.22. The molecule has 1 N–H and O–H groups in total. The molecule has 23 heavy (non-hydrogen) atoms. The van der Waals surface area contributed by atoms with Crippen LogP contribution in [0.25, 0.3) is 11.5 Å². The van der Waals surface area contributed by atoms with Gasteiger partial charge in [-0.3, -0.25) is 4.90 Å². The lowest BCUT2D eigenvalue weighted by Gasteiger charge is -2.31. The third kappa shape index (κ3) is 4.77. The summed E-state index contributed by atoms with van der Waals surface area (Å²) in [5.74, 6) is 0.991. The van der Waals surface area contributed by atoms with E-state index in [4.69, 9.17) is 4.42 Å². The highest BCUT2D eigenvalue weighted by Gasteiger charge is 2.19. The van der Waals surface area contributed by atoms with Gasteiger partial charge >= 0.3 is 0 Å². The van der Waals surface area contributed by atoms with Crippen molar-refractivity contribution in [3.8, 4) is 11.5 Å². The predicted octanol–water partition coefficient (Wildman–Crippen LogP) is 3.33. The van der Waals surface area contributed by atoms with Gasteiger partial charge in [0.05, 0.1) is 5.69 Å². The third-order valence-corrected chi connectivity index (χ3v) is 4.21. The Bertz CT molecular complexity index is 611. The van der Waals surface area contributed by atoms with E-state index in [0.29, 0.717) is 11.5 Å². The molecule has 1 aromatic carbocycles. The summed E-state index contributed by atoms with van der Waals surface area (Å²) in [5.41, 5.74) is 1.59. The van der Waals surface area contributed by atoms with Gasteiger partial charge in [0, 0.05) is 12.1 Å². The maximum Gasteiger partial charge on any atom is 0.226 e. The zero-order valence-electron chi connectivity index (χ0n) is 13.3. The molecule has 0 amide bonds. The van der Waals surface area contributed by atoms with Gasteiger partial charge < -0.3 is 9.73 Å². The third-order valence-electron chi connectivity index (χ3n) is 4.21. The van der Waals surface area contributed by atoms with Crippen molar-refractivity contribution in [3.63, 3.8) is 0 Å². The van der Waals surface area contributed by atoms with Gasteiger partial charge in [0.25, 0.3) is 0 Å². The van der Waals surface area contributed by atoms with E-state index in [0.717, 1.165) is 37.8 Å². The molecule has 0 unspecified atom stereocenters. The maximum absolute atomic E-state index is 13.2. The number of nitrogens with zero attached hydrogens (tertiary/aromatic N) is 2. The molecule has 4 nitrogen and oxygen atoms in total. The Hall–Kier alpha value is -1.43. The number of hydrogen-bond acceptors (Lipinski definition) is 4. The average molecular weight is 340 g/mol. The van der Waals surface area contributed by atoms with E-state index in [-0.39, 0.29) is 18.2 Å². The summed E-state index contributed by atoms with van der Waals surface area (Å²) in [7, 11) is 2.01. The summed E-state index contributed by atoms with van der Waals surface area (Å²) in [5, 5.41) is 3.25. The van der Waals surface area contributed by atoms with Crippen molar-refractivity contribution in [2.24, 2.45) is 5.92 Å². The highest BCUT2D eigenvalue weighted by atomic mass is 35.5. The second-order valence-corrected chi connectivity index (χ2v) is 5.93. The quantitative estimate of drug-likeness (QED) is 0.907. The Labute approximate surface area is 142 Å². The highest BCUT2D eigenvalue weighted by molar-refractivity contribution is 5.85. The number of benzene rings is 1. The van der Waals surface area contributed by atoms with Crippen LogP contribution < -0.4 is 5.32 Å². The summed E-state index contributed by atoms with van der Waals surface area (Å²) >= 11 is 0. The molecule has 0 aliphatic carbocycles. The first kappa shape index (κ1) is 17.9. The van der Waals surface area contributed by atoms with Crippen LogP contribution in [-0.4, -0.2) is 36.6 Å². The second kappa shape index (κ2) is 8.43. The van der Waals surface area contributed by atoms with Gasteiger partial charge in [0.1, 0.15) is 12.1 Å². The summed E-state index contributed by atoms with van der Waals surface area (Å²) in [4.78, 5) is 6.89. The molecule has 1 saturated heterocycles. The standard InChI is InChI=1S/C17H22FN3O.ClH/c1-19-10-13-5-7-21(8-6-13)11-16-12-22-17(20-16)14-3-2-4-15(18)9-14;/h2-4,9,12-13,19H,5-8,10-11H2,1H3;1H. The molecule has 1 aliphatic heterocycles. The van der Waals surface area contributed by atoms with Crippen molar-refractivity contribution in [1.29, 1.82) is 0 Å². The molecular weight excluding hydrogens is 317 g/mol. The molecule has 6 heteroatoms. The molecular formula is C17H23ClFN3O. The average Bonchev–Trinajstić information content (AvgIpc) is 2.98. The van der Waals surface area contributed by atoms with Crippen molar-refractivity contribution in [2.75, 3.05) is 26.7 Å². The number of aromatic nitrogens is 1. The number of piperidine rings is 1. The van der Waals surface area contributed by atoms with Crippen LogP contribution in [0.5, 0.6) is 0 Å². The fourth-order valence-corrected chi connectivity index (χ4v) is 3.00. The van der Waals surface area contributed by atoms with Gasteiger partial charge in [-0.05, 0) is 63.6 Å². The predicted molar refractivity (Wildman–Crippen MR) is 91.1 cm³/mol. The first-order valence-corrected chi connectivity index (χ1v) is 7.82. The van der Waals surface area contributed by atoms with Crippen LogP contribution in [0.15, 0.2) is 34.9 Å². The van der Waals surface area contributed by atoms with E-state index in [1.54, 1.807) is 12.3 Å². The first-order chi connectivity index (χ1) is 10.7. The molecule has 0 radical (unpaired) electrons. The van der Waals surface area contributed by atoms with E-state index in [9.17, 15) is 4.39 Å². The van der Waals surface area contributed by atoms with Gasteiger partial charge in [-0.15, -0.1) is 12.4 Å². The van der Waals surface area contributed by atoms with Crippen LogP contribution in [0.2, 0.25) is 0 Å². The van der Waals surface area contributed by atoms with E-state index in [2.05, 4.69) is 15.2 Å². The van der Waals surface area contributed by atoms with Crippen molar-refractivity contribution in [1.82, 2.24) is 15.2 Å². The number of likely N-dealkylation sites (tertiary alicyclic amines) is 1. The van der Waals surface area contributed by atoms with E-state index in [1.807, 2.05) is 13.1 Å².